The molecule has 1 aliphatic rings. The third-order valence-electron chi connectivity index (χ3n) is 5.72. The fourth-order valence-corrected chi connectivity index (χ4v) is 4.15. The number of nitriles is 1. The molecule has 4 rings (SSSR count). The lowest BCUT2D eigenvalue weighted by atomic mass is 9.90. The minimum absolute atomic E-state index is 0.269. The normalized spacial score (nSPS) is 16.7. The second kappa shape index (κ2) is 9.71. The van der Waals surface area contributed by atoms with Gasteiger partial charge in [0.15, 0.2) is 0 Å². The average molecular weight is 453 g/mol. The highest BCUT2D eigenvalue weighted by Gasteiger charge is 2.33. The third-order valence-corrected chi connectivity index (χ3v) is 5.72. The van der Waals surface area contributed by atoms with E-state index in [2.05, 4.69) is 16.0 Å². The van der Waals surface area contributed by atoms with Crippen LogP contribution in [0, 0.1) is 11.3 Å². The van der Waals surface area contributed by atoms with Crippen molar-refractivity contribution in [1.82, 2.24) is 9.88 Å². The van der Waals surface area contributed by atoms with E-state index in [4.69, 9.17) is 4.74 Å². The first kappa shape index (κ1) is 22.9. The van der Waals surface area contributed by atoms with Crippen molar-refractivity contribution >= 4 is 0 Å². The predicted molar refractivity (Wildman–Crippen MR) is 116 cm³/mol. The molecule has 1 fully saturated rings. The Morgan fingerprint density at radius 1 is 1.03 bits per heavy atom. The van der Waals surface area contributed by atoms with E-state index in [-0.39, 0.29) is 11.3 Å². The molecular weight excluding hydrogens is 431 g/mol. The molecule has 1 aromatic heterocycles. The van der Waals surface area contributed by atoms with E-state index in [9.17, 15) is 23.5 Å². The molecule has 8 heteroatoms. The fraction of sp³-hybridized carbons (Fsp3) is 0.280. The summed E-state index contributed by atoms with van der Waals surface area (Å²) in [4.78, 5) is 6.39. The highest BCUT2D eigenvalue weighted by molar-refractivity contribution is 5.64. The van der Waals surface area contributed by atoms with E-state index in [1.807, 2.05) is 6.07 Å². The number of halogens is 3. The van der Waals surface area contributed by atoms with Crippen molar-refractivity contribution < 1.29 is 23.0 Å². The average Bonchev–Trinajstić information content (AvgIpc) is 2.84. The first-order valence-electron chi connectivity index (χ1n) is 10.5. The molecular formula is C25H22F3N3O2. The van der Waals surface area contributed by atoms with E-state index in [1.165, 1.54) is 12.3 Å². The van der Waals surface area contributed by atoms with Gasteiger partial charge in [-0.05, 0) is 35.9 Å². The molecule has 1 saturated heterocycles. The van der Waals surface area contributed by atoms with Crippen molar-refractivity contribution in [3.05, 3.63) is 89.1 Å². The number of pyridine rings is 1. The quantitative estimate of drug-likeness (QED) is 0.604. The van der Waals surface area contributed by atoms with Crippen LogP contribution in [0.4, 0.5) is 13.2 Å². The Labute approximate surface area is 189 Å². The summed E-state index contributed by atoms with van der Waals surface area (Å²) >= 11 is 0. The smallest absolute Gasteiger partial charge is 0.386 e. The number of aliphatic hydroxyl groups is 1. The first-order valence-corrected chi connectivity index (χ1v) is 10.5. The maximum absolute atomic E-state index is 13.3. The van der Waals surface area contributed by atoms with Crippen LogP contribution in [0.2, 0.25) is 0 Å². The molecule has 1 aliphatic heterocycles. The van der Waals surface area contributed by atoms with E-state index in [1.54, 1.807) is 36.4 Å². The topological polar surface area (TPSA) is 69.4 Å². The Hall–Kier alpha value is -3.25. The molecule has 2 atom stereocenters. The highest BCUT2D eigenvalue weighted by atomic mass is 19.4. The number of aliphatic hydroxyl groups excluding tert-OH is 1. The van der Waals surface area contributed by atoms with Crippen LogP contribution >= 0.6 is 0 Å². The van der Waals surface area contributed by atoms with Gasteiger partial charge in [0.25, 0.3) is 0 Å². The molecule has 2 unspecified atom stereocenters. The summed E-state index contributed by atoms with van der Waals surface area (Å²) in [5, 5.41) is 20.9. The Morgan fingerprint density at radius 3 is 2.52 bits per heavy atom. The van der Waals surface area contributed by atoms with Crippen LogP contribution in [-0.4, -0.2) is 41.3 Å². The minimum Gasteiger partial charge on any atom is -0.386 e. The molecule has 170 valence electrons. The van der Waals surface area contributed by atoms with Gasteiger partial charge < -0.3 is 9.84 Å². The monoisotopic (exact) mass is 453 g/mol. The summed E-state index contributed by atoms with van der Waals surface area (Å²) in [6, 6.07) is 16.8. The van der Waals surface area contributed by atoms with E-state index < -0.39 is 23.9 Å². The molecule has 0 spiro atoms. The molecule has 2 aromatic carbocycles. The minimum atomic E-state index is -4.49. The van der Waals surface area contributed by atoms with Crippen molar-refractivity contribution in [3.63, 3.8) is 0 Å². The van der Waals surface area contributed by atoms with Gasteiger partial charge in [0.05, 0.1) is 42.1 Å². The zero-order valence-electron chi connectivity index (χ0n) is 17.7. The third kappa shape index (κ3) is 5.06. The predicted octanol–water partition coefficient (Wildman–Crippen LogP) is 4.75. The van der Waals surface area contributed by atoms with Gasteiger partial charge in [-0.15, -0.1) is 0 Å². The number of benzene rings is 2. The number of hydrogen-bond acceptors (Lipinski definition) is 5. The maximum atomic E-state index is 13.3. The van der Waals surface area contributed by atoms with Gasteiger partial charge in [0.1, 0.15) is 6.10 Å². The van der Waals surface area contributed by atoms with Gasteiger partial charge in [0, 0.05) is 30.4 Å². The molecule has 2 heterocycles. The Balaban J connectivity index is 1.79. The van der Waals surface area contributed by atoms with Crippen LogP contribution < -0.4 is 0 Å². The van der Waals surface area contributed by atoms with Crippen molar-refractivity contribution in [2.45, 2.75) is 18.3 Å². The lowest BCUT2D eigenvalue weighted by molar-refractivity contribution is -0.137. The van der Waals surface area contributed by atoms with E-state index in [0.29, 0.717) is 37.4 Å². The van der Waals surface area contributed by atoms with Crippen LogP contribution in [0.3, 0.4) is 0 Å². The van der Waals surface area contributed by atoms with Crippen LogP contribution in [0.15, 0.2) is 66.9 Å². The molecule has 33 heavy (non-hydrogen) atoms. The summed E-state index contributed by atoms with van der Waals surface area (Å²) in [5.41, 5.74) is 1.38. The molecule has 0 radical (unpaired) electrons. The highest BCUT2D eigenvalue weighted by Crippen LogP contribution is 2.39. The van der Waals surface area contributed by atoms with Crippen molar-refractivity contribution in [1.29, 1.82) is 5.26 Å². The second-order valence-corrected chi connectivity index (χ2v) is 7.80. The van der Waals surface area contributed by atoms with Gasteiger partial charge in [-0.25, -0.2) is 0 Å². The number of aromatic nitrogens is 1. The van der Waals surface area contributed by atoms with E-state index >= 15 is 0 Å². The molecule has 0 saturated carbocycles. The van der Waals surface area contributed by atoms with Gasteiger partial charge in [0.2, 0.25) is 0 Å². The first-order chi connectivity index (χ1) is 15.9. The number of nitrogens with zero attached hydrogens (tertiary/aromatic N) is 3. The Bertz CT molecular complexity index is 1150. The second-order valence-electron chi connectivity index (χ2n) is 7.80. The van der Waals surface area contributed by atoms with Gasteiger partial charge >= 0.3 is 6.18 Å². The van der Waals surface area contributed by atoms with Crippen molar-refractivity contribution in [2.75, 3.05) is 26.3 Å². The standard InChI is InChI=1S/C25H22F3N3O2/c26-25(27,28)20-7-2-5-18(15-20)22-21(8-3-9-30-22)24(32)23(31-10-12-33-13-11-31)19-6-1-4-17(14-19)16-29/h1-9,14-15,23-24,32H,10-13H2. The van der Waals surface area contributed by atoms with Crippen molar-refractivity contribution in [2.24, 2.45) is 0 Å². The maximum Gasteiger partial charge on any atom is 0.416 e. The summed E-state index contributed by atoms with van der Waals surface area (Å²) in [7, 11) is 0. The Morgan fingerprint density at radius 2 is 1.79 bits per heavy atom. The summed E-state index contributed by atoms with van der Waals surface area (Å²) < 4.78 is 45.3. The van der Waals surface area contributed by atoms with Gasteiger partial charge in [-0.2, -0.15) is 18.4 Å². The van der Waals surface area contributed by atoms with Crippen LogP contribution in [0.25, 0.3) is 11.3 Å². The van der Waals surface area contributed by atoms with Gasteiger partial charge in [-0.3, -0.25) is 9.88 Å². The zero-order chi connectivity index (χ0) is 23.4. The van der Waals surface area contributed by atoms with E-state index in [0.717, 1.165) is 17.7 Å². The molecule has 0 aliphatic carbocycles. The van der Waals surface area contributed by atoms with Crippen LogP contribution in [-0.2, 0) is 10.9 Å². The lowest BCUT2D eigenvalue weighted by Crippen LogP contribution is -2.41. The number of hydrogen-bond donors (Lipinski definition) is 1. The molecule has 3 aromatic rings. The Kier molecular flexibility index (Phi) is 6.75. The lowest BCUT2D eigenvalue weighted by Gasteiger charge is -2.38. The number of alkyl halides is 3. The SMILES string of the molecule is N#Cc1cccc(C(C(O)c2cccnc2-c2cccc(C(F)(F)F)c2)N2CCOCC2)c1. The number of ether oxygens (including phenoxy) is 1. The fourth-order valence-electron chi connectivity index (χ4n) is 4.15. The van der Waals surface area contributed by atoms with Crippen LogP contribution in [0.5, 0.6) is 0 Å². The van der Waals surface area contributed by atoms with Crippen molar-refractivity contribution in [3.8, 4) is 17.3 Å². The van der Waals surface area contributed by atoms with Crippen LogP contribution in [0.1, 0.15) is 34.4 Å². The summed E-state index contributed by atoms with van der Waals surface area (Å²) in [6.45, 7) is 2.12. The summed E-state index contributed by atoms with van der Waals surface area (Å²) in [6.07, 6.45) is -4.10. The number of rotatable bonds is 5. The molecule has 0 amide bonds. The zero-order valence-corrected chi connectivity index (χ0v) is 17.7. The largest absolute Gasteiger partial charge is 0.416 e. The molecule has 1 N–H and O–H groups in total. The van der Waals surface area contributed by atoms with Gasteiger partial charge in [-0.1, -0.05) is 30.3 Å². The molecule has 0 bridgehead atoms. The summed E-state index contributed by atoms with van der Waals surface area (Å²) in [5.74, 6) is 0. The number of morpholine rings is 1. The molecule has 5 nitrogen and oxygen atoms in total.